The van der Waals surface area contributed by atoms with Crippen LogP contribution in [0.15, 0.2) is 53.7 Å². The lowest BCUT2D eigenvalue weighted by Crippen LogP contribution is -2.46. The van der Waals surface area contributed by atoms with Crippen LogP contribution in [0.4, 0.5) is 5.69 Å². The number of rotatable bonds is 7. The molecule has 0 spiro atoms. The van der Waals surface area contributed by atoms with Crippen molar-refractivity contribution in [2.75, 3.05) is 43.4 Å². The lowest BCUT2D eigenvalue weighted by Gasteiger charge is -2.36. The molecule has 0 amide bonds. The highest BCUT2D eigenvalue weighted by Gasteiger charge is 2.17. The molecule has 29 heavy (non-hydrogen) atoms. The maximum atomic E-state index is 6.15. The van der Waals surface area contributed by atoms with Gasteiger partial charge >= 0.3 is 0 Å². The van der Waals surface area contributed by atoms with Gasteiger partial charge < -0.3 is 4.90 Å². The van der Waals surface area contributed by atoms with Gasteiger partial charge in [0.1, 0.15) is 0 Å². The SMILES string of the molecule is Clc1ccc(N2CCN(CCCSc3nnnn3-c3ccccc3)CC2)cc1Cl. The molecule has 6 nitrogen and oxygen atoms in total. The number of hydrogen-bond donors (Lipinski definition) is 0. The first-order valence-electron chi connectivity index (χ1n) is 9.60. The quantitative estimate of drug-likeness (QED) is 0.397. The van der Waals surface area contributed by atoms with Crippen molar-refractivity contribution in [3.05, 3.63) is 58.6 Å². The van der Waals surface area contributed by atoms with Gasteiger partial charge in [-0.2, -0.15) is 4.68 Å². The van der Waals surface area contributed by atoms with E-state index in [1.807, 2.05) is 48.5 Å². The van der Waals surface area contributed by atoms with Crippen LogP contribution in [0.1, 0.15) is 6.42 Å². The molecule has 0 atom stereocenters. The highest BCUT2D eigenvalue weighted by Crippen LogP contribution is 2.28. The molecule has 0 saturated carbocycles. The van der Waals surface area contributed by atoms with Gasteiger partial charge in [0, 0.05) is 37.6 Å². The van der Waals surface area contributed by atoms with Crippen molar-refractivity contribution in [1.82, 2.24) is 25.1 Å². The van der Waals surface area contributed by atoms with Crippen molar-refractivity contribution < 1.29 is 0 Å². The first-order valence-corrected chi connectivity index (χ1v) is 11.3. The van der Waals surface area contributed by atoms with E-state index in [9.17, 15) is 0 Å². The highest BCUT2D eigenvalue weighted by atomic mass is 35.5. The fourth-order valence-corrected chi connectivity index (χ4v) is 4.47. The van der Waals surface area contributed by atoms with E-state index in [4.69, 9.17) is 23.2 Å². The maximum Gasteiger partial charge on any atom is 0.214 e. The molecule has 0 radical (unpaired) electrons. The second-order valence-corrected chi connectivity index (χ2v) is 8.71. The molecule has 3 aromatic rings. The highest BCUT2D eigenvalue weighted by molar-refractivity contribution is 7.99. The van der Waals surface area contributed by atoms with Crippen LogP contribution in [-0.4, -0.2) is 63.6 Å². The van der Waals surface area contributed by atoms with Gasteiger partial charge in [0.05, 0.1) is 15.7 Å². The molecule has 152 valence electrons. The van der Waals surface area contributed by atoms with E-state index in [-0.39, 0.29) is 0 Å². The number of anilines is 1. The van der Waals surface area contributed by atoms with E-state index in [1.54, 1.807) is 16.4 Å². The van der Waals surface area contributed by atoms with E-state index in [1.165, 1.54) is 0 Å². The molecule has 4 rings (SSSR count). The Morgan fingerprint density at radius 1 is 0.897 bits per heavy atom. The first-order chi connectivity index (χ1) is 14.2. The van der Waals surface area contributed by atoms with Crippen LogP contribution in [0.2, 0.25) is 10.0 Å². The second-order valence-electron chi connectivity index (χ2n) is 6.84. The van der Waals surface area contributed by atoms with Crippen molar-refractivity contribution in [2.45, 2.75) is 11.6 Å². The third kappa shape index (κ3) is 5.22. The minimum absolute atomic E-state index is 0.602. The van der Waals surface area contributed by atoms with Gasteiger partial charge in [0.25, 0.3) is 0 Å². The molecule has 1 saturated heterocycles. The molecule has 9 heteroatoms. The van der Waals surface area contributed by atoms with Crippen molar-refractivity contribution >= 4 is 40.7 Å². The van der Waals surface area contributed by atoms with Crippen LogP contribution in [0.25, 0.3) is 5.69 Å². The fraction of sp³-hybridized carbons (Fsp3) is 0.350. The van der Waals surface area contributed by atoms with Gasteiger partial charge in [-0.15, -0.1) is 5.10 Å². The van der Waals surface area contributed by atoms with E-state index >= 15 is 0 Å². The van der Waals surface area contributed by atoms with Gasteiger partial charge in [-0.1, -0.05) is 53.2 Å². The van der Waals surface area contributed by atoms with E-state index in [0.717, 1.165) is 61.4 Å². The molecule has 1 fully saturated rings. The summed E-state index contributed by atoms with van der Waals surface area (Å²) >= 11 is 13.9. The Labute approximate surface area is 184 Å². The summed E-state index contributed by atoms with van der Waals surface area (Å²) < 4.78 is 1.79. The molecule has 1 aliphatic rings. The summed E-state index contributed by atoms with van der Waals surface area (Å²) in [6.45, 7) is 5.17. The number of benzene rings is 2. The predicted molar refractivity (Wildman–Crippen MR) is 120 cm³/mol. The van der Waals surface area contributed by atoms with Crippen LogP contribution in [0.3, 0.4) is 0 Å². The number of hydrogen-bond acceptors (Lipinski definition) is 6. The van der Waals surface area contributed by atoms with Gasteiger partial charge in [-0.05, 0) is 53.7 Å². The smallest absolute Gasteiger partial charge is 0.214 e. The minimum atomic E-state index is 0.602. The number of para-hydroxylation sites is 1. The molecule has 2 aromatic carbocycles. The molecule has 2 heterocycles. The zero-order valence-corrected chi connectivity index (χ0v) is 18.2. The Balaban J connectivity index is 1.21. The lowest BCUT2D eigenvalue weighted by atomic mass is 10.2. The van der Waals surface area contributed by atoms with Gasteiger partial charge in [-0.25, -0.2) is 0 Å². The van der Waals surface area contributed by atoms with E-state index in [2.05, 4.69) is 25.3 Å². The van der Waals surface area contributed by atoms with E-state index in [0.29, 0.717) is 10.0 Å². The van der Waals surface area contributed by atoms with Crippen LogP contribution in [0, 0.1) is 0 Å². The molecular weight excluding hydrogens is 427 g/mol. The number of tetrazole rings is 1. The average molecular weight is 449 g/mol. The van der Waals surface area contributed by atoms with Gasteiger partial charge in [0.15, 0.2) is 0 Å². The molecule has 1 aromatic heterocycles. The number of nitrogens with zero attached hydrogens (tertiary/aromatic N) is 6. The van der Waals surface area contributed by atoms with Crippen LogP contribution in [-0.2, 0) is 0 Å². The Morgan fingerprint density at radius 3 is 2.45 bits per heavy atom. The summed E-state index contributed by atoms with van der Waals surface area (Å²) in [6.07, 6.45) is 1.10. The Morgan fingerprint density at radius 2 is 1.69 bits per heavy atom. The lowest BCUT2D eigenvalue weighted by molar-refractivity contribution is 0.259. The Bertz CT molecular complexity index is 928. The number of halogens is 2. The minimum Gasteiger partial charge on any atom is -0.369 e. The van der Waals surface area contributed by atoms with E-state index < -0.39 is 0 Å². The second kappa shape index (κ2) is 9.80. The number of piperazine rings is 1. The Kier molecular flexibility index (Phi) is 6.92. The van der Waals surface area contributed by atoms with Crippen molar-refractivity contribution in [1.29, 1.82) is 0 Å². The Hall–Kier alpha value is -1.80. The molecule has 0 aliphatic carbocycles. The largest absolute Gasteiger partial charge is 0.369 e. The average Bonchev–Trinajstić information content (AvgIpc) is 3.23. The third-order valence-corrected chi connectivity index (χ3v) is 6.68. The summed E-state index contributed by atoms with van der Waals surface area (Å²) in [7, 11) is 0. The first kappa shape index (κ1) is 20.5. The molecule has 0 N–H and O–H groups in total. The molecule has 1 aliphatic heterocycles. The normalized spacial score (nSPS) is 15.0. The van der Waals surface area contributed by atoms with Crippen LogP contribution >= 0.6 is 35.0 Å². The molecule has 0 bridgehead atoms. The summed E-state index contributed by atoms with van der Waals surface area (Å²) in [6, 6.07) is 15.8. The van der Waals surface area contributed by atoms with Crippen LogP contribution < -0.4 is 4.90 Å². The molecular formula is C20H22Cl2N6S. The summed E-state index contributed by atoms with van der Waals surface area (Å²) in [5.41, 5.74) is 2.13. The van der Waals surface area contributed by atoms with Gasteiger partial charge in [0.2, 0.25) is 5.16 Å². The van der Waals surface area contributed by atoms with Crippen molar-refractivity contribution in [2.24, 2.45) is 0 Å². The van der Waals surface area contributed by atoms with Crippen molar-refractivity contribution in [3.8, 4) is 5.69 Å². The summed E-state index contributed by atoms with van der Waals surface area (Å²) in [4.78, 5) is 4.87. The van der Waals surface area contributed by atoms with Crippen molar-refractivity contribution in [3.63, 3.8) is 0 Å². The topological polar surface area (TPSA) is 50.1 Å². The van der Waals surface area contributed by atoms with Gasteiger partial charge in [-0.3, -0.25) is 4.90 Å². The third-order valence-electron chi connectivity index (χ3n) is 4.93. The summed E-state index contributed by atoms with van der Waals surface area (Å²) in [5, 5.41) is 14.1. The summed E-state index contributed by atoms with van der Waals surface area (Å²) in [5.74, 6) is 0.986. The zero-order valence-electron chi connectivity index (χ0n) is 15.9. The monoisotopic (exact) mass is 448 g/mol. The zero-order chi connectivity index (χ0) is 20.1. The number of aromatic nitrogens is 4. The standard InChI is InChI=1S/C20H22Cl2N6S/c21-18-8-7-17(15-19(18)22)27-12-10-26(11-13-27)9-4-14-29-20-23-24-25-28(20)16-5-2-1-3-6-16/h1-3,5-8,15H,4,9-14H2. The molecule has 0 unspecified atom stereocenters. The maximum absolute atomic E-state index is 6.15. The predicted octanol–water partition coefficient (Wildman–Crippen LogP) is 4.27. The fourth-order valence-electron chi connectivity index (χ4n) is 3.36. The van der Waals surface area contributed by atoms with Crippen LogP contribution in [0.5, 0.6) is 0 Å². The number of thioether (sulfide) groups is 1.